The van der Waals surface area contributed by atoms with Crippen molar-refractivity contribution in [1.82, 2.24) is 0 Å². The summed E-state index contributed by atoms with van der Waals surface area (Å²) in [5.41, 5.74) is -9.27. The molecule has 36 heteroatoms. The monoisotopic (exact) mass is 1050 g/mol. The van der Waals surface area contributed by atoms with Crippen molar-refractivity contribution in [1.29, 1.82) is 0 Å². The van der Waals surface area contributed by atoms with Crippen LogP contribution in [0.5, 0.6) is 0 Å². The van der Waals surface area contributed by atoms with Gasteiger partial charge in [-0.05, 0) is 22.3 Å². The molecule has 2 atom stereocenters. The van der Waals surface area contributed by atoms with Crippen molar-refractivity contribution >= 4 is 0 Å². The molecule has 0 unspecified atom stereocenters. The van der Waals surface area contributed by atoms with E-state index < -0.39 is 142 Å². The molecule has 382 valence electrons. The molecule has 0 radical (unpaired) electrons. The normalized spacial score (nSPS) is 17.0. The van der Waals surface area contributed by atoms with E-state index in [2.05, 4.69) is 0 Å². The minimum atomic E-state index is -9.24. The predicted molar refractivity (Wildman–Crippen MR) is 143 cm³/mol. The fourth-order valence-electron chi connectivity index (χ4n) is 5.05. The zero-order valence-corrected chi connectivity index (χ0v) is 29.5. The van der Waals surface area contributed by atoms with Gasteiger partial charge >= 0.3 is 95.3 Å². The molecular weight excluding hydrogens is 1040 g/mol. The maximum absolute atomic E-state index is 15.1. The third-order valence-corrected chi connectivity index (χ3v) is 8.98. The Bertz CT molecular complexity index is 1910. The summed E-state index contributed by atoms with van der Waals surface area (Å²) in [5.74, 6) is -123. The molecule has 2 aromatic carbocycles. The molecule has 2 nitrogen and oxygen atoms in total. The van der Waals surface area contributed by atoms with Crippen LogP contribution < -0.4 is 0 Å². The maximum atomic E-state index is 15.1. The van der Waals surface area contributed by atoms with Crippen LogP contribution >= 0.6 is 0 Å². The Kier molecular flexibility index (Phi) is 13.9. The van der Waals surface area contributed by atoms with Crippen LogP contribution in [0, 0.1) is 0 Å². The van der Waals surface area contributed by atoms with Crippen molar-refractivity contribution in [3.63, 3.8) is 0 Å². The molecular formula is C30H12F34O2. The summed E-state index contributed by atoms with van der Waals surface area (Å²) in [4.78, 5) is 0. The molecule has 0 bridgehead atoms. The van der Waals surface area contributed by atoms with E-state index in [0.29, 0.717) is 0 Å². The molecule has 66 heavy (non-hydrogen) atoms. The Balaban J connectivity index is 2.86. The second-order valence-corrected chi connectivity index (χ2v) is 13.1. The molecule has 0 amide bonds. The average molecular weight is 1050 g/mol. The Morgan fingerprint density at radius 2 is 0.409 bits per heavy atom. The lowest BCUT2D eigenvalue weighted by atomic mass is 9.82. The smallest absolute Gasteiger partial charge is 0.382 e. The highest BCUT2D eigenvalue weighted by Gasteiger charge is 2.97. The van der Waals surface area contributed by atoms with Gasteiger partial charge in [-0.1, -0.05) is 48.5 Å². The first kappa shape index (κ1) is 58.1. The van der Waals surface area contributed by atoms with E-state index in [1.165, 1.54) is 0 Å². The molecule has 2 rings (SSSR count). The Morgan fingerprint density at radius 3 is 0.606 bits per heavy atom. The molecule has 2 aromatic rings. The molecule has 0 aliphatic heterocycles. The van der Waals surface area contributed by atoms with Crippen LogP contribution in [0.4, 0.5) is 149 Å². The van der Waals surface area contributed by atoms with Gasteiger partial charge in [0.05, 0.1) is 0 Å². The van der Waals surface area contributed by atoms with Gasteiger partial charge in [0.2, 0.25) is 0 Å². The van der Waals surface area contributed by atoms with Gasteiger partial charge in [-0.2, -0.15) is 149 Å². The van der Waals surface area contributed by atoms with Gasteiger partial charge in [0.15, 0.2) is 0 Å². The molecule has 0 fully saturated rings. The van der Waals surface area contributed by atoms with Gasteiger partial charge in [0, 0.05) is 0 Å². The van der Waals surface area contributed by atoms with Crippen LogP contribution in [-0.2, 0) is 0 Å². The van der Waals surface area contributed by atoms with Crippen LogP contribution in [0.15, 0.2) is 48.5 Å². The zero-order chi connectivity index (χ0) is 53.1. The van der Waals surface area contributed by atoms with E-state index in [4.69, 9.17) is 0 Å². The largest absolute Gasteiger partial charge is 0.460 e. The Hall–Kier alpha value is -4.02. The molecule has 0 aromatic heterocycles. The van der Waals surface area contributed by atoms with E-state index in [9.17, 15) is 142 Å². The van der Waals surface area contributed by atoms with Crippen LogP contribution in [0.1, 0.15) is 23.3 Å². The molecule has 0 aliphatic rings. The highest BCUT2D eigenvalue weighted by atomic mass is 19.4. The lowest BCUT2D eigenvalue weighted by Gasteiger charge is -2.43. The summed E-state index contributed by atoms with van der Waals surface area (Å²) in [6.45, 7) is 0. The van der Waals surface area contributed by atoms with Gasteiger partial charge < -0.3 is 10.2 Å². The molecule has 2 N–H and O–H groups in total. The second kappa shape index (κ2) is 15.8. The van der Waals surface area contributed by atoms with Crippen LogP contribution in [0.25, 0.3) is 11.1 Å². The number of hydrogen-bond donors (Lipinski definition) is 2. The first-order valence-electron chi connectivity index (χ1n) is 15.5. The summed E-state index contributed by atoms with van der Waals surface area (Å²) in [5, 5.41) is 20.1. The SMILES string of the molecule is O[C@H](c1ccccc1-c1ccccc1[C@@H](O)C(F)(F)C(F)(F)C(F)(F)C(F)(F)C(F)(F)C(F)(F)C(F)(F)C(F)(F)F)C(F)(F)C(F)(F)C(F)(F)C(F)(F)C(F)(F)C(F)(F)C(F)(F)C(F)(F)F. The first-order chi connectivity index (χ1) is 28.5. The van der Waals surface area contributed by atoms with Crippen molar-refractivity contribution in [3.05, 3.63) is 59.7 Å². The van der Waals surface area contributed by atoms with E-state index in [-0.39, 0.29) is 36.4 Å². The third kappa shape index (κ3) is 7.39. The fraction of sp³-hybridized carbons (Fsp3) is 0.600. The number of halogens is 34. The highest BCUT2D eigenvalue weighted by Crippen LogP contribution is 2.67. The summed E-state index contributed by atoms with van der Waals surface area (Å²) in [6.07, 6.45) is -26.9. The second-order valence-electron chi connectivity index (χ2n) is 13.1. The minimum absolute atomic E-state index is 0.0413. The highest BCUT2D eigenvalue weighted by molar-refractivity contribution is 5.72. The summed E-state index contributed by atoms with van der Waals surface area (Å²) < 4.78 is 470. The lowest BCUT2D eigenvalue weighted by molar-refractivity contribution is -0.464. The molecule has 0 aliphatic carbocycles. The predicted octanol–water partition coefficient (Wildman–Crippen LogP) is 13.4. The number of aliphatic hydroxyl groups is 2. The van der Waals surface area contributed by atoms with Gasteiger partial charge in [-0.25, -0.2) is 0 Å². The van der Waals surface area contributed by atoms with E-state index >= 15 is 17.6 Å². The summed E-state index contributed by atoms with van der Waals surface area (Å²) in [6, 6.07) is -0.870. The average Bonchev–Trinajstić information content (AvgIpc) is 3.15. The van der Waals surface area contributed by atoms with Gasteiger partial charge in [0.25, 0.3) is 0 Å². The van der Waals surface area contributed by atoms with E-state index in [0.717, 1.165) is 0 Å². The lowest BCUT2D eigenvalue weighted by Crippen LogP contribution is -2.74. The molecule has 0 saturated heterocycles. The summed E-state index contributed by atoms with van der Waals surface area (Å²) in [7, 11) is 0. The van der Waals surface area contributed by atoms with Crippen LogP contribution in [0.2, 0.25) is 0 Å². The standard InChI is InChI=1S/C30H12F34O2/c31-15(32,17(35,36)19(39,40)21(43,44)23(47,48)25(51,52)27(55,56)29(59,60)61)13(65)11-7-3-1-5-9(11)10-6-2-4-8-12(10)14(66)16(33,34)18(37,38)20(41,42)22(45,46)24(49,50)26(53,54)28(57,58)30(62,63)64/h1-8,13-14,65-66H/t13-,14-/m1/s1. The number of hydrogen-bond acceptors (Lipinski definition) is 2. The van der Waals surface area contributed by atoms with Crippen molar-refractivity contribution in [3.8, 4) is 11.1 Å². The Morgan fingerprint density at radius 1 is 0.242 bits per heavy atom. The van der Waals surface area contributed by atoms with Gasteiger partial charge in [-0.3, -0.25) is 0 Å². The number of aliphatic hydroxyl groups excluding tert-OH is 2. The zero-order valence-electron chi connectivity index (χ0n) is 29.5. The molecule has 0 saturated carbocycles. The van der Waals surface area contributed by atoms with Gasteiger partial charge in [0.1, 0.15) is 12.2 Å². The van der Waals surface area contributed by atoms with Gasteiger partial charge in [-0.15, -0.1) is 0 Å². The third-order valence-electron chi connectivity index (χ3n) is 8.98. The number of benzene rings is 2. The van der Waals surface area contributed by atoms with E-state index in [1.807, 2.05) is 0 Å². The summed E-state index contributed by atoms with van der Waals surface area (Å²) >= 11 is 0. The molecule has 0 spiro atoms. The quantitative estimate of drug-likeness (QED) is 0.155. The number of rotatable bonds is 17. The van der Waals surface area contributed by atoms with Crippen molar-refractivity contribution < 1.29 is 159 Å². The maximum Gasteiger partial charge on any atom is 0.460 e. The van der Waals surface area contributed by atoms with E-state index in [1.54, 1.807) is 0 Å². The van der Waals surface area contributed by atoms with Crippen molar-refractivity contribution in [2.24, 2.45) is 0 Å². The first-order valence-corrected chi connectivity index (χ1v) is 15.5. The van der Waals surface area contributed by atoms with Crippen LogP contribution in [-0.4, -0.2) is 105 Å². The van der Waals surface area contributed by atoms with Crippen molar-refractivity contribution in [2.75, 3.05) is 0 Å². The van der Waals surface area contributed by atoms with Crippen LogP contribution in [0.3, 0.4) is 0 Å². The fourth-order valence-corrected chi connectivity index (χ4v) is 5.05. The number of alkyl halides is 34. The Labute approximate surface area is 338 Å². The van der Waals surface area contributed by atoms with Crippen molar-refractivity contribution in [2.45, 2.75) is 107 Å². The minimum Gasteiger partial charge on any atom is -0.382 e. The topological polar surface area (TPSA) is 40.5 Å². The molecule has 0 heterocycles.